The molecule has 3 fully saturated rings. The first-order valence-corrected chi connectivity index (χ1v) is 7.83. The average Bonchev–Trinajstić information content (AvgIpc) is 2.85. The summed E-state index contributed by atoms with van der Waals surface area (Å²) in [7, 11) is 0. The van der Waals surface area contributed by atoms with E-state index in [2.05, 4.69) is 18.7 Å². The third-order valence-electron chi connectivity index (χ3n) is 5.45. The number of hydrogen-bond acceptors (Lipinski definition) is 4. The Kier molecular flexibility index (Phi) is 3.87. The number of hydrogen-bond donors (Lipinski definition) is 1. The zero-order chi connectivity index (χ0) is 13.5. The van der Waals surface area contributed by atoms with Crippen LogP contribution in [-0.2, 0) is 9.47 Å². The molecule has 4 atom stereocenters. The Balaban J connectivity index is 1.73. The van der Waals surface area contributed by atoms with Gasteiger partial charge in [0.25, 0.3) is 0 Å². The Bertz CT molecular complexity index is 317. The van der Waals surface area contributed by atoms with Crippen LogP contribution in [0.5, 0.6) is 0 Å². The maximum Gasteiger partial charge on any atom is 0.170 e. The van der Waals surface area contributed by atoms with Gasteiger partial charge in [-0.1, -0.05) is 6.92 Å². The Hall–Kier alpha value is -0.160. The molecule has 3 aliphatic rings. The second-order valence-corrected chi connectivity index (χ2v) is 6.58. The van der Waals surface area contributed by atoms with Crippen LogP contribution in [0.15, 0.2) is 0 Å². The minimum absolute atomic E-state index is 0.199. The number of aliphatic hydroxyl groups excluding tert-OH is 1. The molecule has 1 aliphatic carbocycles. The Labute approximate surface area is 116 Å². The fraction of sp³-hybridized carbons (Fsp3) is 1.00. The van der Waals surface area contributed by atoms with Crippen molar-refractivity contribution in [3.05, 3.63) is 0 Å². The van der Waals surface area contributed by atoms with Crippen molar-refractivity contribution in [2.75, 3.05) is 19.8 Å². The second kappa shape index (κ2) is 5.32. The van der Waals surface area contributed by atoms with Crippen molar-refractivity contribution in [2.24, 2.45) is 5.92 Å². The summed E-state index contributed by atoms with van der Waals surface area (Å²) in [5.74, 6) is 0.314. The van der Waals surface area contributed by atoms with Gasteiger partial charge in [-0.05, 0) is 38.6 Å². The largest absolute Gasteiger partial charge is 0.391 e. The first-order chi connectivity index (χ1) is 9.11. The molecule has 19 heavy (non-hydrogen) atoms. The van der Waals surface area contributed by atoms with Crippen LogP contribution in [-0.4, -0.2) is 53.7 Å². The molecule has 0 bridgehead atoms. The van der Waals surface area contributed by atoms with Crippen LogP contribution in [0.4, 0.5) is 0 Å². The van der Waals surface area contributed by atoms with E-state index >= 15 is 0 Å². The lowest BCUT2D eigenvalue weighted by Crippen LogP contribution is -2.58. The number of rotatable bonds is 1. The second-order valence-electron chi connectivity index (χ2n) is 6.58. The van der Waals surface area contributed by atoms with Gasteiger partial charge in [0.1, 0.15) is 0 Å². The van der Waals surface area contributed by atoms with Crippen molar-refractivity contribution in [3.63, 3.8) is 0 Å². The molecule has 1 saturated carbocycles. The highest BCUT2D eigenvalue weighted by molar-refractivity contribution is 4.96. The lowest BCUT2D eigenvalue weighted by molar-refractivity contribution is -0.209. The van der Waals surface area contributed by atoms with Gasteiger partial charge in [-0.2, -0.15) is 0 Å². The SMILES string of the molecule is CC1CCCN(C2CC3(CCC2O)OCCO3)C1C. The van der Waals surface area contributed by atoms with Crippen LogP contribution in [0.1, 0.15) is 46.0 Å². The van der Waals surface area contributed by atoms with Gasteiger partial charge in [-0.25, -0.2) is 0 Å². The molecule has 0 aromatic rings. The maximum atomic E-state index is 10.4. The van der Waals surface area contributed by atoms with Crippen LogP contribution < -0.4 is 0 Å². The summed E-state index contributed by atoms with van der Waals surface area (Å²) >= 11 is 0. The maximum absolute atomic E-state index is 10.4. The van der Waals surface area contributed by atoms with E-state index in [0.717, 1.165) is 25.8 Å². The van der Waals surface area contributed by atoms with Gasteiger partial charge in [-0.15, -0.1) is 0 Å². The lowest BCUT2D eigenvalue weighted by atomic mass is 9.82. The molecule has 4 nitrogen and oxygen atoms in total. The predicted octanol–water partition coefficient (Wildman–Crippen LogP) is 1.76. The summed E-state index contributed by atoms with van der Waals surface area (Å²) in [6.45, 7) is 7.13. The molecular weight excluding hydrogens is 242 g/mol. The molecule has 3 rings (SSSR count). The van der Waals surface area contributed by atoms with E-state index in [4.69, 9.17) is 9.47 Å². The van der Waals surface area contributed by atoms with Gasteiger partial charge in [0.05, 0.1) is 19.3 Å². The number of aliphatic hydroxyl groups is 1. The van der Waals surface area contributed by atoms with Crippen molar-refractivity contribution >= 4 is 0 Å². The molecule has 2 heterocycles. The zero-order valence-electron chi connectivity index (χ0n) is 12.2. The van der Waals surface area contributed by atoms with Gasteiger partial charge >= 0.3 is 0 Å². The first-order valence-electron chi connectivity index (χ1n) is 7.83. The lowest BCUT2D eigenvalue weighted by Gasteiger charge is -2.49. The number of likely N-dealkylation sites (tertiary alicyclic amines) is 1. The van der Waals surface area contributed by atoms with E-state index < -0.39 is 5.79 Å². The van der Waals surface area contributed by atoms with E-state index in [9.17, 15) is 5.11 Å². The summed E-state index contributed by atoms with van der Waals surface area (Å²) in [4.78, 5) is 2.50. The smallest absolute Gasteiger partial charge is 0.170 e. The number of nitrogens with zero attached hydrogens (tertiary/aromatic N) is 1. The minimum atomic E-state index is -0.399. The Morgan fingerprint density at radius 3 is 2.63 bits per heavy atom. The van der Waals surface area contributed by atoms with Gasteiger partial charge in [0.2, 0.25) is 0 Å². The van der Waals surface area contributed by atoms with Gasteiger partial charge in [-0.3, -0.25) is 4.90 Å². The third kappa shape index (κ3) is 2.56. The average molecular weight is 269 g/mol. The molecule has 4 unspecified atom stereocenters. The summed E-state index contributed by atoms with van der Waals surface area (Å²) < 4.78 is 11.7. The molecule has 0 radical (unpaired) electrons. The van der Waals surface area contributed by atoms with Crippen LogP contribution in [0.2, 0.25) is 0 Å². The first kappa shape index (κ1) is 13.8. The highest BCUT2D eigenvalue weighted by atomic mass is 16.7. The summed E-state index contributed by atoms with van der Waals surface area (Å²) in [6, 6.07) is 0.745. The molecule has 0 amide bonds. The molecule has 1 spiro atoms. The summed E-state index contributed by atoms with van der Waals surface area (Å²) in [5.41, 5.74) is 0. The van der Waals surface area contributed by atoms with Crippen molar-refractivity contribution in [1.29, 1.82) is 0 Å². The highest BCUT2D eigenvalue weighted by Crippen LogP contribution is 2.40. The molecule has 0 aromatic heterocycles. The molecule has 1 N–H and O–H groups in total. The van der Waals surface area contributed by atoms with E-state index in [1.165, 1.54) is 12.8 Å². The molecule has 0 aromatic carbocycles. The van der Waals surface area contributed by atoms with Crippen LogP contribution in [0.25, 0.3) is 0 Å². The Morgan fingerprint density at radius 2 is 1.89 bits per heavy atom. The minimum Gasteiger partial charge on any atom is -0.391 e. The number of ether oxygens (including phenoxy) is 2. The van der Waals surface area contributed by atoms with Crippen LogP contribution >= 0.6 is 0 Å². The van der Waals surface area contributed by atoms with Gasteiger partial charge in [0.15, 0.2) is 5.79 Å². The van der Waals surface area contributed by atoms with E-state index in [-0.39, 0.29) is 12.1 Å². The van der Waals surface area contributed by atoms with Crippen LogP contribution in [0, 0.1) is 5.92 Å². The topological polar surface area (TPSA) is 41.9 Å². The monoisotopic (exact) mass is 269 g/mol. The summed E-state index contributed by atoms with van der Waals surface area (Å²) in [6.07, 6.45) is 4.77. The van der Waals surface area contributed by atoms with Gasteiger partial charge in [0, 0.05) is 24.9 Å². The predicted molar refractivity (Wildman–Crippen MR) is 72.8 cm³/mol. The normalized spacial score (nSPS) is 43.7. The van der Waals surface area contributed by atoms with Crippen molar-refractivity contribution in [2.45, 2.75) is 69.9 Å². The van der Waals surface area contributed by atoms with E-state index in [1.807, 2.05) is 0 Å². The van der Waals surface area contributed by atoms with Crippen molar-refractivity contribution in [3.8, 4) is 0 Å². The molecular formula is C15H27NO3. The third-order valence-corrected chi connectivity index (χ3v) is 5.45. The quantitative estimate of drug-likeness (QED) is 0.787. The molecule has 110 valence electrons. The van der Waals surface area contributed by atoms with Crippen molar-refractivity contribution in [1.82, 2.24) is 4.90 Å². The molecule has 4 heteroatoms. The van der Waals surface area contributed by atoms with Crippen LogP contribution in [0.3, 0.4) is 0 Å². The van der Waals surface area contributed by atoms with E-state index in [1.54, 1.807) is 0 Å². The standard InChI is InChI=1S/C15H27NO3/c1-11-4-3-7-16(12(11)2)13-10-15(6-5-14(13)17)18-8-9-19-15/h11-14,17H,3-10H2,1-2H3. The van der Waals surface area contributed by atoms with Gasteiger partial charge < -0.3 is 14.6 Å². The summed E-state index contributed by atoms with van der Waals surface area (Å²) in [5, 5.41) is 10.4. The number of piperidine rings is 1. The Morgan fingerprint density at radius 1 is 1.16 bits per heavy atom. The molecule has 2 saturated heterocycles. The molecule has 2 aliphatic heterocycles. The van der Waals surface area contributed by atoms with Crippen molar-refractivity contribution < 1.29 is 14.6 Å². The van der Waals surface area contributed by atoms with E-state index in [0.29, 0.717) is 25.2 Å². The highest BCUT2D eigenvalue weighted by Gasteiger charge is 2.47. The zero-order valence-corrected chi connectivity index (χ0v) is 12.2. The fourth-order valence-electron chi connectivity index (χ4n) is 4.05. The fourth-order valence-corrected chi connectivity index (χ4v) is 4.05.